The third-order valence-electron chi connectivity index (χ3n) is 4.91. The second-order valence-electron chi connectivity index (χ2n) is 8.98. The number of carbonyl (C=O) groups excluding carboxylic acids is 3. The van der Waals surface area contributed by atoms with E-state index in [0.717, 1.165) is 7.11 Å². The highest BCUT2D eigenvalue weighted by molar-refractivity contribution is 6.39. The molecule has 2 aromatic rings. The quantitative estimate of drug-likeness (QED) is 0.368. The van der Waals surface area contributed by atoms with Crippen molar-refractivity contribution in [2.45, 2.75) is 51.4 Å². The highest BCUT2D eigenvalue weighted by Gasteiger charge is 2.26. The molecule has 2 aromatic carbocycles. The zero-order chi connectivity index (χ0) is 27.0. The number of methoxy groups -OCH3 is 1. The lowest BCUT2D eigenvalue weighted by molar-refractivity contribution is -0.142. The molecule has 0 aliphatic heterocycles. The summed E-state index contributed by atoms with van der Waals surface area (Å²) >= 11 is 18.7. The maximum Gasteiger partial charge on any atom is 0.407 e. The number of carbonyl (C=O) groups is 3. The summed E-state index contributed by atoms with van der Waals surface area (Å²) in [5, 5.41) is 16.0. The molecule has 0 aromatic heterocycles. The van der Waals surface area contributed by atoms with Crippen LogP contribution >= 0.6 is 34.8 Å². The van der Waals surface area contributed by atoms with E-state index in [9.17, 15) is 19.5 Å². The molecule has 2 unspecified atom stereocenters. The number of halogens is 3. The van der Waals surface area contributed by atoms with Gasteiger partial charge >= 0.3 is 12.1 Å². The lowest BCUT2D eigenvalue weighted by Gasteiger charge is -2.22. The first-order valence-corrected chi connectivity index (χ1v) is 12.2. The van der Waals surface area contributed by atoms with Gasteiger partial charge in [0.25, 0.3) is 5.91 Å². The van der Waals surface area contributed by atoms with Crippen molar-refractivity contribution in [2.24, 2.45) is 0 Å². The number of hydrogen-bond acceptors (Lipinski definition) is 6. The Kier molecular flexibility index (Phi) is 10.8. The summed E-state index contributed by atoms with van der Waals surface area (Å²) in [5.74, 6) is -1.50. The van der Waals surface area contributed by atoms with Crippen LogP contribution in [0.3, 0.4) is 0 Å². The molecule has 0 bridgehead atoms. The van der Waals surface area contributed by atoms with Crippen molar-refractivity contribution >= 4 is 52.8 Å². The van der Waals surface area contributed by atoms with Crippen molar-refractivity contribution < 1.29 is 29.0 Å². The van der Waals surface area contributed by atoms with Crippen LogP contribution < -0.4 is 10.6 Å². The summed E-state index contributed by atoms with van der Waals surface area (Å²) in [6, 6.07) is 8.87. The van der Waals surface area contributed by atoms with Crippen molar-refractivity contribution in [1.29, 1.82) is 0 Å². The van der Waals surface area contributed by atoms with Crippen LogP contribution in [0, 0.1) is 0 Å². The topological polar surface area (TPSA) is 114 Å². The van der Waals surface area contributed by atoms with Crippen molar-refractivity contribution in [3.05, 3.63) is 68.2 Å². The number of aliphatic hydroxyl groups is 1. The first kappa shape index (κ1) is 29.7. The number of aryl methyl sites for hydroxylation is 1. The normalized spacial score (nSPS) is 12.9. The smallest absolute Gasteiger partial charge is 0.407 e. The van der Waals surface area contributed by atoms with Crippen LogP contribution in [0.4, 0.5) is 4.79 Å². The molecule has 3 N–H and O–H groups in total. The molecule has 0 radical (unpaired) electrons. The highest BCUT2D eigenvalue weighted by atomic mass is 35.5. The number of ether oxygens (including phenoxy) is 2. The summed E-state index contributed by atoms with van der Waals surface area (Å²) in [4.78, 5) is 37.0. The van der Waals surface area contributed by atoms with Gasteiger partial charge in [0.15, 0.2) is 0 Å². The van der Waals surface area contributed by atoms with Crippen molar-refractivity contribution in [1.82, 2.24) is 10.6 Å². The van der Waals surface area contributed by atoms with Gasteiger partial charge < -0.3 is 25.2 Å². The standard InChI is InChI=1S/C25H29Cl3N2O6/c1-25(2,3)36-24(34)29-13-19(23(33)35-4)30-22(32)21-17(27)10-14(11-18(21)28)8-9-20(31)15-6-5-7-16(26)12-15/h5-7,10-12,19-20,31H,8-9,13H2,1-4H3,(H,29,34)(H,30,32). The molecule has 36 heavy (non-hydrogen) atoms. The number of aliphatic hydroxyl groups excluding tert-OH is 1. The van der Waals surface area contributed by atoms with Crippen LogP contribution in [-0.2, 0) is 20.7 Å². The van der Waals surface area contributed by atoms with E-state index in [-0.39, 0.29) is 22.2 Å². The van der Waals surface area contributed by atoms with Gasteiger partial charge in [0.1, 0.15) is 11.6 Å². The van der Waals surface area contributed by atoms with Crippen molar-refractivity contribution in [3.8, 4) is 0 Å². The fourth-order valence-electron chi connectivity index (χ4n) is 3.24. The Morgan fingerprint density at radius 2 is 1.69 bits per heavy atom. The molecule has 2 rings (SSSR count). The van der Waals surface area contributed by atoms with E-state index in [0.29, 0.717) is 29.0 Å². The fourth-order valence-corrected chi connectivity index (χ4v) is 4.14. The maximum absolute atomic E-state index is 12.9. The second kappa shape index (κ2) is 13.1. The van der Waals surface area contributed by atoms with Gasteiger partial charge in [-0.25, -0.2) is 9.59 Å². The van der Waals surface area contributed by atoms with E-state index in [4.69, 9.17) is 44.3 Å². The van der Waals surface area contributed by atoms with Gasteiger partial charge in [0.2, 0.25) is 0 Å². The lowest BCUT2D eigenvalue weighted by atomic mass is 10.0. The molecule has 8 nitrogen and oxygen atoms in total. The molecule has 2 atom stereocenters. The van der Waals surface area contributed by atoms with Crippen LogP contribution in [-0.4, -0.2) is 48.4 Å². The summed E-state index contributed by atoms with van der Waals surface area (Å²) in [5.41, 5.74) is 0.619. The minimum atomic E-state index is -1.21. The number of benzene rings is 2. The number of rotatable bonds is 9. The lowest BCUT2D eigenvalue weighted by Crippen LogP contribution is -2.49. The van der Waals surface area contributed by atoms with Crippen molar-refractivity contribution in [3.63, 3.8) is 0 Å². The molecule has 0 saturated heterocycles. The van der Waals surface area contributed by atoms with Crippen LogP contribution in [0.2, 0.25) is 15.1 Å². The molecule has 0 aliphatic rings. The maximum atomic E-state index is 12.9. The Bertz CT molecular complexity index is 1080. The summed E-state index contributed by atoms with van der Waals surface area (Å²) in [6.07, 6.45) is -0.702. The third-order valence-corrected chi connectivity index (χ3v) is 5.74. The summed E-state index contributed by atoms with van der Waals surface area (Å²) in [6.45, 7) is 4.80. The average Bonchev–Trinajstić information content (AvgIpc) is 2.78. The van der Waals surface area contributed by atoms with E-state index in [1.807, 2.05) is 0 Å². The molecule has 0 spiro atoms. The van der Waals surface area contributed by atoms with E-state index >= 15 is 0 Å². The molecule has 0 heterocycles. The van der Waals surface area contributed by atoms with Crippen LogP contribution in [0.25, 0.3) is 0 Å². The zero-order valence-corrected chi connectivity index (χ0v) is 22.6. The Morgan fingerprint density at radius 1 is 1.06 bits per heavy atom. The molecule has 2 amide bonds. The number of amides is 2. The van der Waals surface area contributed by atoms with Gasteiger partial charge in [-0.15, -0.1) is 0 Å². The predicted molar refractivity (Wildman–Crippen MR) is 139 cm³/mol. The summed E-state index contributed by atoms with van der Waals surface area (Å²) < 4.78 is 9.85. The van der Waals surface area contributed by atoms with Gasteiger partial charge in [-0.05, 0) is 69.0 Å². The number of esters is 1. The SMILES string of the molecule is COC(=O)C(CNC(=O)OC(C)(C)C)NC(=O)c1c(Cl)cc(CCC(O)c2cccc(Cl)c2)cc1Cl. The molecular formula is C25H29Cl3N2O6. The van der Waals surface area contributed by atoms with E-state index in [2.05, 4.69) is 10.6 Å². The number of nitrogens with one attached hydrogen (secondary N) is 2. The molecule has 196 valence electrons. The van der Waals surface area contributed by atoms with E-state index in [1.165, 1.54) is 0 Å². The molecule has 0 saturated carbocycles. The summed E-state index contributed by atoms with van der Waals surface area (Å²) in [7, 11) is 1.15. The molecule has 0 aliphatic carbocycles. The van der Waals surface area contributed by atoms with Gasteiger partial charge in [-0.1, -0.05) is 46.9 Å². The predicted octanol–water partition coefficient (Wildman–Crippen LogP) is 5.11. The van der Waals surface area contributed by atoms with E-state index in [1.54, 1.807) is 57.2 Å². The minimum absolute atomic E-state index is 0.0383. The Labute approximate surface area is 225 Å². The van der Waals surface area contributed by atoms with Gasteiger partial charge in [-0.2, -0.15) is 0 Å². The highest BCUT2D eigenvalue weighted by Crippen LogP contribution is 2.29. The zero-order valence-electron chi connectivity index (χ0n) is 20.4. The Balaban J connectivity index is 2.08. The van der Waals surface area contributed by atoms with Gasteiger partial charge in [-0.3, -0.25) is 4.79 Å². The van der Waals surface area contributed by atoms with Crippen LogP contribution in [0.15, 0.2) is 36.4 Å². The Hall–Kier alpha value is -2.52. The van der Waals surface area contributed by atoms with Gasteiger partial charge in [0.05, 0.1) is 35.4 Å². The van der Waals surface area contributed by atoms with Gasteiger partial charge in [0, 0.05) is 5.02 Å². The Morgan fingerprint density at radius 3 is 2.25 bits per heavy atom. The minimum Gasteiger partial charge on any atom is -0.467 e. The van der Waals surface area contributed by atoms with Crippen LogP contribution in [0.5, 0.6) is 0 Å². The molecule has 11 heteroatoms. The first-order chi connectivity index (χ1) is 16.8. The molecular weight excluding hydrogens is 531 g/mol. The number of alkyl carbamates (subject to hydrolysis) is 1. The largest absolute Gasteiger partial charge is 0.467 e. The monoisotopic (exact) mass is 558 g/mol. The number of hydrogen-bond donors (Lipinski definition) is 3. The van der Waals surface area contributed by atoms with E-state index < -0.39 is 35.7 Å². The third kappa shape index (κ3) is 9.17. The van der Waals surface area contributed by atoms with Crippen molar-refractivity contribution in [2.75, 3.05) is 13.7 Å². The fraction of sp³-hybridized carbons (Fsp3) is 0.400. The molecule has 0 fully saturated rings. The van der Waals surface area contributed by atoms with Crippen LogP contribution in [0.1, 0.15) is 54.8 Å². The average molecular weight is 560 g/mol. The second-order valence-corrected chi connectivity index (χ2v) is 10.2. The first-order valence-electron chi connectivity index (χ1n) is 11.1.